The zero-order chi connectivity index (χ0) is 18.8. The van der Waals surface area contributed by atoms with Crippen molar-refractivity contribution >= 4 is 11.7 Å². The summed E-state index contributed by atoms with van der Waals surface area (Å²) in [7, 11) is 5.56. The van der Waals surface area contributed by atoms with E-state index in [-0.39, 0.29) is 5.91 Å². The zero-order valence-corrected chi connectivity index (χ0v) is 15.5. The predicted molar refractivity (Wildman–Crippen MR) is 102 cm³/mol. The van der Waals surface area contributed by atoms with Crippen molar-refractivity contribution in [1.82, 2.24) is 15.2 Å². The highest BCUT2D eigenvalue weighted by atomic mass is 16.5. The lowest BCUT2D eigenvalue weighted by molar-refractivity contribution is 0.0951. The van der Waals surface area contributed by atoms with Gasteiger partial charge in [0.05, 0.1) is 13.7 Å². The van der Waals surface area contributed by atoms with Gasteiger partial charge >= 0.3 is 0 Å². The van der Waals surface area contributed by atoms with Gasteiger partial charge in [0.25, 0.3) is 5.91 Å². The van der Waals surface area contributed by atoms with Gasteiger partial charge in [-0.05, 0) is 50.5 Å². The number of rotatable bonds is 10. The molecule has 0 unspecified atom stereocenters. The monoisotopic (exact) mass is 358 g/mol. The maximum atomic E-state index is 12.1. The van der Waals surface area contributed by atoms with E-state index in [1.54, 1.807) is 25.4 Å². The highest BCUT2D eigenvalue weighted by Gasteiger charge is 2.06. The number of likely N-dealkylation sites (N-methyl/N-ethyl adjacent to an activating group) is 1. The van der Waals surface area contributed by atoms with Crippen molar-refractivity contribution in [3.8, 4) is 11.5 Å². The fourth-order valence-electron chi connectivity index (χ4n) is 2.18. The van der Waals surface area contributed by atoms with Crippen LogP contribution in [0, 0.1) is 0 Å². The van der Waals surface area contributed by atoms with E-state index in [4.69, 9.17) is 9.47 Å². The first-order chi connectivity index (χ1) is 12.6. The quantitative estimate of drug-likeness (QED) is 0.632. The molecule has 0 aliphatic carbocycles. The lowest BCUT2D eigenvalue weighted by Gasteiger charge is -2.11. The normalized spacial score (nSPS) is 10.5. The Bertz CT molecular complexity index is 689. The van der Waals surface area contributed by atoms with Gasteiger partial charge in [-0.2, -0.15) is 0 Å². The van der Waals surface area contributed by atoms with Crippen molar-refractivity contribution in [1.29, 1.82) is 0 Å². The molecule has 0 radical (unpaired) electrons. The number of amides is 1. The van der Waals surface area contributed by atoms with Crippen LogP contribution in [-0.4, -0.2) is 63.2 Å². The molecule has 0 bridgehead atoms. The van der Waals surface area contributed by atoms with Crippen molar-refractivity contribution in [2.75, 3.05) is 52.8 Å². The summed E-state index contributed by atoms with van der Waals surface area (Å²) < 4.78 is 10.8. The van der Waals surface area contributed by atoms with Crippen molar-refractivity contribution in [2.45, 2.75) is 0 Å². The maximum absolute atomic E-state index is 12.1. The van der Waals surface area contributed by atoms with Gasteiger partial charge in [-0.3, -0.25) is 4.79 Å². The average molecular weight is 358 g/mol. The van der Waals surface area contributed by atoms with E-state index >= 15 is 0 Å². The smallest absolute Gasteiger partial charge is 0.251 e. The molecule has 2 rings (SSSR count). The Hall–Kier alpha value is -2.80. The van der Waals surface area contributed by atoms with Crippen LogP contribution in [0.25, 0.3) is 0 Å². The summed E-state index contributed by atoms with van der Waals surface area (Å²) in [5.41, 5.74) is 0.581. The molecule has 2 N–H and O–H groups in total. The van der Waals surface area contributed by atoms with Crippen LogP contribution in [0.1, 0.15) is 10.4 Å². The van der Waals surface area contributed by atoms with Crippen molar-refractivity contribution in [2.24, 2.45) is 0 Å². The lowest BCUT2D eigenvalue weighted by Crippen LogP contribution is -2.31. The number of methoxy groups -OCH3 is 1. The molecular weight excluding hydrogens is 332 g/mol. The molecule has 0 atom stereocenters. The van der Waals surface area contributed by atoms with Gasteiger partial charge in [0.15, 0.2) is 0 Å². The maximum Gasteiger partial charge on any atom is 0.251 e. The molecule has 7 heteroatoms. The largest absolute Gasteiger partial charge is 0.497 e. The first-order valence-corrected chi connectivity index (χ1v) is 8.48. The highest BCUT2D eigenvalue weighted by molar-refractivity contribution is 5.94. The molecule has 140 valence electrons. The minimum Gasteiger partial charge on any atom is -0.497 e. The molecule has 7 nitrogen and oxygen atoms in total. The minimum absolute atomic E-state index is 0.105. The van der Waals surface area contributed by atoms with Crippen LogP contribution in [0.5, 0.6) is 11.5 Å². The van der Waals surface area contributed by atoms with Gasteiger partial charge in [-0.1, -0.05) is 0 Å². The Morgan fingerprint density at radius 1 is 1.12 bits per heavy atom. The number of benzene rings is 1. The Labute approximate surface area is 154 Å². The number of aromatic nitrogens is 1. The van der Waals surface area contributed by atoms with Crippen LogP contribution in [-0.2, 0) is 0 Å². The van der Waals surface area contributed by atoms with E-state index in [2.05, 4.69) is 15.6 Å². The summed E-state index contributed by atoms with van der Waals surface area (Å²) in [6.45, 7) is 2.45. The predicted octanol–water partition coefficient (Wildman–Crippen LogP) is 1.87. The standard InChI is InChI=1S/C19H26N4O3/c1-23(2)12-10-22-19(24)15-8-9-20-18(14-15)21-11-13-26-17-6-4-16(25-3)5-7-17/h4-9,14H,10-13H2,1-3H3,(H,20,21)(H,22,24). The third-order valence-electron chi connectivity index (χ3n) is 3.60. The summed E-state index contributed by atoms with van der Waals surface area (Å²) >= 11 is 0. The molecule has 0 aliphatic heterocycles. The van der Waals surface area contributed by atoms with E-state index < -0.39 is 0 Å². The number of nitrogens with one attached hydrogen (secondary N) is 2. The van der Waals surface area contributed by atoms with Gasteiger partial charge in [-0.25, -0.2) is 4.98 Å². The second-order valence-corrected chi connectivity index (χ2v) is 5.94. The van der Waals surface area contributed by atoms with Crippen LogP contribution in [0.3, 0.4) is 0 Å². The number of hydrogen-bond donors (Lipinski definition) is 2. The summed E-state index contributed by atoms with van der Waals surface area (Å²) in [6.07, 6.45) is 1.62. The topological polar surface area (TPSA) is 75.7 Å². The molecule has 0 saturated heterocycles. The molecular formula is C19H26N4O3. The van der Waals surface area contributed by atoms with Crippen LogP contribution in [0.2, 0.25) is 0 Å². The van der Waals surface area contributed by atoms with E-state index in [1.807, 2.05) is 43.3 Å². The second kappa shape index (κ2) is 10.2. The number of pyridine rings is 1. The second-order valence-electron chi connectivity index (χ2n) is 5.94. The Morgan fingerprint density at radius 3 is 2.54 bits per heavy atom. The van der Waals surface area contributed by atoms with Gasteiger partial charge in [-0.15, -0.1) is 0 Å². The number of nitrogens with zero attached hydrogens (tertiary/aromatic N) is 2. The Balaban J connectivity index is 1.76. The number of hydrogen-bond acceptors (Lipinski definition) is 6. The summed E-state index contributed by atoms with van der Waals surface area (Å²) in [6, 6.07) is 10.8. The first kappa shape index (κ1) is 19.5. The van der Waals surface area contributed by atoms with Crippen LogP contribution in [0.4, 0.5) is 5.82 Å². The third-order valence-corrected chi connectivity index (χ3v) is 3.60. The molecule has 0 aliphatic rings. The molecule has 2 aromatic rings. The molecule has 0 saturated carbocycles. The van der Waals surface area contributed by atoms with E-state index in [9.17, 15) is 4.79 Å². The van der Waals surface area contributed by atoms with Gasteiger partial charge in [0.1, 0.15) is 23.9 Å². The van der Waals surface area contributed by atoms with Crippen molar-refractivity contribution in [3.63, 3.8) is 0 Å². The first-order valence-electron chi connectivity index (χ1n) is 8.48. The fourth-order valence-corrected chi connectivity index (χ4v) is 2.18. The third kappa shape index (κ3) is 6.60. The summed E-state index contributed by atoms with van der Waals surface area (Å²) in [5.74, 6) is 2.10. The molecule has 26 heavy (non-hydrogen) atoms. The molecule has 1 heterocycles. The highest BCUT2D eigenvalue weighted by Crippen LogP contribution is 2.16. The number of anilines is 1. The van der Waals surface area contributed by atoms with Crippen molar-refractivity contribution in [3.05, 3.63) is 48.2 Å². The van der Waals surface area contributed by atoms with Crippen LogP contribution in [0.15, 0.2) is 42.6 Å². The fraction of sp³-hybridized carbons (Fsp3) is 0.368. The van der Waals surface area contributed by atoms with Gasteiger partial charge < -0.3 is 25.0 Å². The van der Waals surface area contributed by atoms with Crippen LogP contribution < -0.4 is 20.1 Å². The Kier molecular flexibility index (Phi) is 7.70. The molecule has 0 spiro atoms. The molecule has 1 aromatic carbocycles. The van der Waals surface area contributed by atoms with E-state index in [1.165, 1.54) is 0 Å². The summed E-state index contributed by atoms with van der Waals surface area (Å²) in [5, 5.41) is 6.04. The van der Waals surface area contributed by atoms with Gasteiger partial charge in [0.2, 0.25) is 0 Å². The number of carbonyl (C=O) groups excluding carboxylic acids is 1. The van der Waals surface area contributed by atoms with Crippen molar-refractivity contribution < 1.29 is 14.3 Å². The molecule has 1 aromatic heterocycles. The zero-order valence-electron chi connectivity index (χ0n) is 15.5. The number of ether oxygens (including phenoxy) is 2. The molecule has 0 fully saturated rings. The SMILES string of the molecule is COc1ccc(OCCNc2cc(C(=O)NCCN(C)C)ccn2)cc1. The van der Waals surface area contributed by atoms with Gasteiger partial charge in [0, 0.05) is 24.8 Å². The van der Waals surface area contributed by atoms with Crippen LogP contribution >= 0.6 is 0 Å². The number of carbonyl (C=O) groups is 1. The van der Waals surface area contributed by atoms with E-state index in [0.29, 0.717) is 31.1 Å². The Morgan fingerprint density at radius 2 is 1.85 bits per heavy atom. The van der Waals surface area contributed by atoms with E-state index in [0.717, 1.165) is 18.0 Å². The average Bonchev–Trinajstić information content (AvgIpc) is 2.65. The minimum atomic E-state index is -0.105. The summed E-state index contributed by atoms with van der Waals surface area (Å²) in [4.78, 5) is 18.4. The lowest BCUT2D eigenvalue weighted by atomic mass is 10.2. The molecule has 1 amide bonds.